The highest BCUT2D eigenvalue weighted by molar-refractivity contribution is 7.85. The molecule has 0 aliphatic carbocycles. The van der Waals surface area contributed by atoms with Crippen LogP contribution in [0.3, 0.4) is 0 Å². The van der Waals surface area contributed by atoms with E-state index in [1.54, 1.807) is 13.3 Å². The van der Waals surface area contributed by atoms with Gasteiger partial charge in [0.1, 0.15) is 11.0 Å². The SMILES string of the molecule is COc1cc(C/C(=N\[S@](=O)C(C)(C)C)C(C)(C)C)cnc1Cl. The van der Waals surface area contributed by atoms with Gasteiger partial charge in [-0.05, 0) is 32.4 Å². The van der Waals surface area contributed by atoms with Crippen LogP contribution in [0, 0.1) is 5.41 Å². The van der Waals surface area contributed by atoms with Gasteiger partial charge in [0, 0.05) is 23.7 Å². The van der Waals surface area contributed by atoms with Gasteiger partial charge in [-0.3, -0.25) is 0 Å². The van der Waals surface area contributed by atoms with Crippen LogP contribution in [0.1, 0.15) is 47.1 Å². The van der Waals surface area contributed by atoms with Gasteiger partial charge in [-0.1, -0.05) is 32.4 Å². The van der Waals surface area contributed by atoms with Crippen molar-refractivity contribution < 1.29 is 8.95 Å². The number of halogens is 1. The molecule has 22 heavy (non-hydrogen) atoms. The summed E-state index contributed by atoms with van der Waals surface area (Å²) in [5.41, 5.74) is 1.61. The molecule has 0 aromatic carbocycles. The van der Waals surface area contributed by atoms with Crippen molar-refractivity contribution in [3.63, 3.8) is 0 Å². The fourth-order valence-electron chi connectivity index (χ4n) is 1.57. The zero-order valence-electron chi connectivity index (χ0n) is 14.4. The Morgan fingerprint density at radius 1 is 1.32 bits per heavy atom. The first kappa shape index (κ1) is 19.1. The summed E-state index contributed by atoms with van der Waals surface area (Å²) in [6.45, 7) is 11.9. The fourth-order valence-corrected chi connectivity index (χ4v) is 2.57. The maximum absolute atomic E-state index is 12.4. The number of ether oxygens (including phenoxy) is 1. The molecule has 1 aromatic heterocycles. The quantitative estimate of drug-likeness (QED) is 0.606. The molecule has 1 aromatic rings. The smallest absolute Gasteiger partial charge is 0.171 e. The maximum Gasteiger partial charge on any atom is 0.171 e. The number of hydrogen-bond donors (Lipinski definition) is 0. The third kappa shape index (κ3) is 5.36. The Bertz CT molecular complexity index is 587. The number of aromatic nitrogens is 1. The fraction of sp³-hybridized carbons (Fsp3) is 0.625. The molecule has 1 rings (SSSR count). The van der Waals surface area contributed by atoms with Crippen LogP contribution in [0.4, 0.5) is 0 Å². The number of pyridine rings is 1. The predicted octanol–water partition coefficient (Wildman–Crippen LogP) is 4.24. The first-order valence-electron chi connectivity index (χ1n) is 7.13. The molecule has 0 fully saturated rings. The molecule has 0 radical (unpaired) electrons. The zero-order chi connectivity index (χ0) is 17.1. The number of rotatable bonds is 4. The van der Waals surface area contributed by atoms with Crippen LogP contribution >= 0.6 is 11.6 Å². The van der Waals surface area contributed by atoms with Crippen LogP contribution in [0.5, 0.6) is 5.75 Å². The van der Waals surface area contributed by atoms with Crippen LogP contribution in [-0.4, -0.2) is 26.8 Å². The van der Waals surface area contributed by atoms with Crippen LogP contribution in [0.2, 0.25) is 5.15 Å². The molecule has 4 nitrogen and oxygen atoms in total. The molecular weight excluding hydrogens is 320 g/mol. The summed E-state index contributed by atoms with van der Waals surface area (Å²) in [5.74, 6) is 0.532. The Morgan fingerprint density at radius 3 is 2.36 bits per heavy atom. The average molecular weight is 345 g/mol. The van der Waals surface area contributed by atoms with Crippen molar-refractivity contribution in [2.75, 3.05) is 7.11 Å². The minimum absolute atomic E-state index is 0.187. The van der Waals surface area contributed by atoms with Gasteiger partial charge in [0.15, 0.2) is 10.9 Å². The molecule has 124 valence electrons. The summed E-state index contributed by atoms with van der Waals surface area (Å²) >= 11 is 5.95. The summed E-state index contributed by atoms with van der Waals surface area (Å²) in [4.78, 5) is 4.12. The molecule has 0 spiro atoms. The van der Waals surface area contributed by atoms with Crippen LogP contribution in [0.15, 0.2) is 16.7 Å². The second-order valence-corrected chi connectivity index (χ2v) is 9.43. The largest absolute Gasteiger partial charge is 0.494 e. The first-order chi connectivity index (χ1) is 9.95. The molecular formula is C16H25ClN2O2S. The highest BCUT2D eigenvalue weighted by Crippen LogP contribution is 2.26. The van der Waals surface area contributed by atoms with Gasteiger partial charge < -0.3 is 4.74 Å². The number of hydrogen-bond acceptors (Lipinski definition) is 3. The van der Waals surface area contributed by atoms with E-state index in [0.29, 0.717) is 17.3 Å². The van der Waals surface area contributed by atoms with Gasteiger partial charge in [0.05, 0.1) is 11.9 Å². The Kier molecular flexibility index (Phi) is 6.16. The molecule has 1 atom stereocenters. The summed E-state index contributed by atoms with van der Waals surface area (Å²) in [5, 5.41) is 0.332. The van der Waals surface area contributed by atoms with Gasteiger partial charge in [-0.2, -0.15) is 4.40 Å². The average Bonchev–Trinajstić information content (AvgIpc) is 2.37. The van der Waals surface area contributed by atoms with E-state index in [4.69, 9.17) is 16.3 Å². The lowest BCUT2D eigenvalue weighted by molar-refractivity contribution is 0.412. The van der Waals surface area contributed by atoms with Crippen LogP contribution in [-0.2, 0) is 17.4 Å². The highest BCUT2D eigenvalue weighted by Gasteiger charge is 2.25. The van der Waals surface area contributed by atoms with Crippen molar-refractivity contribution in [3.05, 3.63) is 23.0 Å². The lowest BCUT2D eigenvalue weighted by Crippen LogP contribution is -2.27. The molecule has 0 saturated carbocycles. The molecule has 0 saturated heterocycles. The second kappa shape index (κ2) is 7.09. The number of nitrogens with zero attached hydrogens (tertiary/aromatic N) is 2. The second-order valence-electron chi connectivity index (χ2n) is 7.16. The van der Waals surface area contributed by atoms with Crippen molar-refractivity contribution in [2.24, 2.45) is 9.81 Å². The van der Waals surface area contributed by atoms with Crippen molar-refractivity contribution in [3.8, 4) is 5.75 Å². The molecule has 6 heteroatoms. The normalized spacial score (nSPS) is 14.8. The van der Waals surface area contributed by atoms with Gasteiger partial charge in [-0.25, -0.2) is 9.19 Å². The van der Waals surface area contributed by atoms with Gasteiger partial charge in [0.25, 0.3) is 0 Å². The van der Waals surface area contributed by atoms with Gasteiger partial charge in [-0.15, -0.1) is 0 Å². The molecule has 0 aliphatic rings. The Labute approximate surface area is 140 Å². The standard InChI is InChI=1S/C16H25ClN2O2S/c1-15(2,3)13(19-22(20)16(4,5)6)9-11-8-12(21-7)14(17)18-10-11/h8,10H,9H2,1-7H3/b19-13+/t22-/m1/s1. The molecule has 1 heterocycles. The zero-order valence-corrected chi connectivity index (χ0v) is 15.9. The van der Waals surface area contributed by atoms with Crippen LogP contribution < -0.4 is 4.74 Å². The highest BCUT2D eigenvalue weighted by atomic mass is 35.5. The van der Waals surface area contributed by atoms with Crippen molar-refractivity contribution in [2.45, 2.75) is 52.7 Å². The third-order valence-electron chi connectivity index (χ3n) is 3.04. The van der Waals surface area contributed by atoms with Gasteiger partial charge >= 0.3 is 0 Å². The van der Waals surface area contributed by atoms with E-state index < -0.39 is 11.0 Å². The first-order valence-corrected chi connectivity index (χ1v) is 8.62. The van der Waals surface area contributed by atoms with Crippen molar-refractivity contribution in [1.82, 2.24) is 4.98 Å². The van der Waals surface area contributed by atoms with Crippen molar-refractivity contribution >= 4 is 28.3 Å². The summed E-state index contributed by atoms with van der Waals surface area (Å²) in [7, 11) is 0.267. The van der Waals surface area contributed by atoms with E-state index in [-0.39, 0.29) is 10.2 Å². The van der Waals surface area contributed by atoms with Crippen LogP contribution in [0.25, 0.3) is 0 Å². The minimum atomic E-state index is -1.29. The molecule has 0 amide bonds. The molecule has 0 bridgehead atoms. The van der Waals surface area contributed by atoms with E-state index >= 15 is 0 Å². The molecule has 0 unspecified atom stereocenters. The molecule has 0 N–H and O–H groups in total. The van der Waals surface area contributed by atoms with E-state index in [0.717, 1.165) is 11.3 Å². The predicted molar refractivity (Wildman–Crippen MR) is 94.3 cm³/mol. The maximum atomic E-state index is 12.4. The Hall–Kier alpha value is -0.940. The van der Waals surface area contributed by atoms with E-state index in [2.05, 4.69) is 30.2 Å². The number of methoxy groups -OCH3 is 1. The summed E-state index contributed by atoms with van der Waals surface area (Å²) in [6, 6.07) is 1.84. The Balaban J connectivity index is 3.16. The lowest BCUT2D eigenvalue weighted by Gasteiger charge is -2.23. The topological polar surface area (TPSA) is 51.5 Å². The van der Waals surface area contributed by atoms with E-state index in [1.165, 1.54) is 0 Å². The third-order valence-corrected chi connectivity index (χ3v) is 4.76. The van der Waals surface area contributed by atoms with E-state index in [9.17, 15) is 4.21 Å². The monoisotopic (exact) mass is 344 g/mol. The summed E-state index contributed by atoms with van der Waals surface area (Å²) < 4.78 is 21.6. The minimum Gasteiger partial charge on any atom is -0.494 e. The molecule has 0 aliphatic heterocycles. The Morgan fingerprint density at radius 2 is 1.91 bits per heavy atom. The summed E-state index contributed by atoms with van der Waals surface area (Å²) in [6.07, 6.45) is 2.26. The van der Waals surface area contributed by atoms with Crippen molar-refractivity contribution in [1.29, 1.82) is 0 Å². The van der Waals surface area contributed by atoms with Gasteiger partial charge in [0.2, 0.25) is 0 Å². The lowest BCUT2D eigenvalue weighted by atomic mass is 9.86. The van der Waals surface area contributed by atoms with E-state index in [1.807, 2.05) is 26.8 Å².